The average Bonchev–Trinajstić information content (AvgIpc) is 0.781. The van der Waals surface area contributed by atoms with Gasteiger partial charge < -0.3 is 90.0 Å². The Morgan fingerprint density at radius 2 is 0.381 bits per heavy atom. The predicted octanol–water partition coefficient (Wildman–Crippen LogP) is 20.3. The molecule has 9 rings (SSSR count). The fourth-order valence-electron chi connectivity index (χ4n) is 13.2. The predicted molar refractivity (Wildman–Crippen MR) is 503 cm³/mol. The molecule has 0 unspecified atom stereocenters. The van der Waals surface area contributed by atoms with Crippen molar-refractivity contribution >= 4 is 53.7 Å². The monoisotopic (exact) mass is 1840 g/mol. The van der Waals surface area contributed by atoms with Crippen LogP contribution in [0.4, 0.5) is 0 Å². The molecule has 0 N–H and O–H groups in total. The summed E-state index contributed by atoms with van der Waals surface area (Å²) in [4.78, 5) is 122. The largest absolute Gasteiger partial charge is 0.497 e. The molecule has 0 aliphatic heterocycles. The molecule has 0 aromatic heterocycles. The number of carbonyl (C=O) groups is 9. The molecule has 9 aromatic carbocycles. The molecule has 28 nitrogen and oxygen atoms in total. The number of carbonyl (C=O) groups excluding carboxylic acids is 9. The molecule has 28 heteroatoms. The summed E-state index contributed by atoms with van der Waals surface area (Å²) >= 11 is 0. The van der Waals surface area contributed by atoms with E-state index in [4.69, 9.17) is 90.0 Å². The third-order valence-electron chi connectivity index (χ3n) is 17.9. The zero-order chi connectivity index (χ0) is 98.6. The number of rotatable bonds is 37. The second-order valence-electron chi connectivity index (χ2n) is 39.2. The van der Waals surface area contributed by atoms with Gasteiger partial charge >= 0.3 is 53.7 Å². The smallest absolute Gasteiger partial charge is 0.344 e. The van der Waals surface area contributed by atoms with Crippen molar-refractivity contribution in [3.63, 3.8) is 0 Å². The molecule has 0 radical (unpaired) electrons. The van der Waals surface area contributed by atoms with E-state index in [0.717, 1.165) is 5.56 Å². The summed E-state index contributed by atoms with van der Waals surface area (Å²) in [5.74, 6) is -4.41. The van der Waals surface area contributed by atoms with Gasteiger partial charge in [-0.1, -0.05) is 66.7 Å². The van der Waals surface area contributed by atoms with E-state index < -0.39 is 158 Å². The normalized spacial score (nSPS) is 11.9. The molecule has 0 aliphatic rings. The van der Waals surface area contributed by atoms with Crippen LogP contribution >= 0.6 is 0 Å². The van der Waals surface area contributed by atoms with E-state index in [1.807, 2.05) is 30.3 Å². The lowest BCUT2D eigenvalue weighted by molar-refractivity contribution is -0.158. The van der Waals surface area contributed by atoms with E-state index in [2.05, 4.69) is 0 Å². The molecule has 0 heterocycles. The molecule has 0 atom stereocenters. The molecule has 0 spiro atoms. The standard InChI is InChI=1S/C106H124O28/c1-99(2,3)127-91(108)57-118-82-47-66(31-39-74(82)76-41-33-68(49-84(76)120-59-93(110)129-101(7,8)9)70-35-43-78(86(51-70)122-61-95(112)131-103(13,14)15)80-45-37-72(116-25)53-88(80)124-63-97(114)133-105(19,20)21)67-32-40-75(83(48-67)119-58-92(109)128-100(4,5)6)77-42-34-69(50-85(77)121-60-94(111)130-102(10,11)12)71-36-44-79(87(52-71)123-62-96(113)132-104(16,17)18)81-46-38-73(54-89(81)125-64-98(115)134-106(22,23)24)117-56-90(107)126-55-65-29-27-26-28-30-65/h26-54H,55-64H2,1-25H3. The lowest BCUT2D eigenvalue weighted by Crippen LogP contribution is -2.27. The first-order valence-corrected chi connectivity index (χ1v) is 43.7. The van der Waals surface area contributed by atoms with E-state index in [1.165, 1.54) is 13.2 Å². The van der Waals surface area contributed by atoms with Crippen LogP contribution in [0.15, 0.2) is 176 Å². The van der Waals surface area contributed by atoms with Gasteiger partial charge in [-0.2, -0.15) is 0 Å². The molecule has 716 valence electrons. The zero-order valence-electron chi connectivity index (χ0n) is 81.2. The highest BCUT2D eigenvalue weighted by Gasteiger charge is 2.31. The van der Waals surface area contributed by atoms with Crippen LogP contribution in [0, 0.1) is 0 Å². The molecule has 9 aromatic rings. The molecule has 0 fully saturated rings. The quantitative estimate of drug-likeness (QED) is 0.0258. The van der Waals surface area contributed by atoms with Gasteiger partial charge in [-0.05, 0) is 302 Å². The molecule has 0 saturated carbocycles. The van der Waals surface area contributed by atoms with Gasteiger partial charge in [0.05, 0.1) is 7.11 Å². The van der Waals surface area contributed by atoms with Crippen molar-refractivity contribution in [2.45, 2.75) is 218 Å². The summed E-state index contributed by atoms with van der Waals surface area (Å²) in [7, 11) is 1.49. The van der Waals surface area contributed by atoms with Crippen molar-refractivity contribution in [2.75, 3.05) is 66.6 Å². The molecule has 0 bridgehead atoms. The summed E-state index contributed by atoms with van der Waals surface area (Å²) in [5, 5.41) is 0. The second kappa shape index (κ2) is 44.2. The minimum Gasteiger partial charge on any atom is -0.497 e. The number of hydrogen-bond acceptors (Lipinski definition) is 28. The number of benzene rings is 9. The Morgan fingerprint density at radius 1 is 0.201 bits per heavy atom. The van der Waals surface area contributed by atoms with Crippen LogP contribution in [0.1, 0.15) is 172 Å². The zero-order valence-corrected chi connectivity index (χ0v) is 81.2. The number of hydrogen-bond donors (Lipinski definition) is 0. The van der Waals surface area contributed by atoms with Crippen molar-refractivity contribution in [1.29, 1.82) is 0 Å². The van der Waals surface area contributed by atoms with Crippen LogP contribution in [0.5, 0.6) is 57.5 Å². The van der Waals surface area contributed by atoms with Crippen LogP contribution in [-0.4, -0.2) is 165 Å². The van der Waals surface area contributed by atoms with Gasteiger partial charge in [-0.25, -0.2) is 43.2 Å². The molecular weight excluding hydrogens is 1720 g/mol. The minimum atomic E-state index is -0.929. The maximum atomic E-state index is 13.9. The van der Waals surface area contributed by atoms with E-state index in [1.54, 1.807) is 306 Å². The first-order valence-electron chi connectivity index (χ1n) is 43.7. The van der Waals surface area contributed by atoms with Crippen LogP contribution in [0.3, 0.4) is 0 Å². The first-order chi connectivity index (χ1) is 62.5. The molecule has 0 amide bonds. The van der Waals surface area contributed by atoms with E-state index in [9.17, 15) is 43.2 Å². The minimum absolute atomic E-state index is 0.0158. The lowest BCUT2D eigenvalue weighted by atomic mass is 9.93. The van der Waals surface area contributed by atoms with Crippen molar-refractivity contribution in [3.8, 4) is 135 Å². The summed E-state index contributed by atoms with van der Waals surface area (Å²) in [6.45, 7) is 36.5. The molecule has 134 heavy (non-hydrogen) atoms. The third-order valence-corrected chi connectivity index (χ3v) is 17.9. The van der Waals surface area contributed by atoms with Crippen molar-refractivity contribution in [2.24, 2.45) is 0 Å². The van der Waals surface area contributed by atoms with Crippen molar-refractivity contribution < 1.29 is 133 Å². The lowest BCUT2D eigenvalue weighted by Gasteiger charge is -2.22. The van der Waals surface area contributed by atoms with Crippen LogP contribution in [0.25, 0.3) is 77.9 Å². The van der Waals surface area contributed by atoms with Crippen molar-refractivity contribution in [3.05, 3.63) is 181 Å². The number of esters is 9. The summed E-state index contributed by atoms with van der Waals surface area (Å²) in [5.41, 5.74) is -0.266. The average molecular weight is 1850 g/mol. The Bertz CT molecular complexity index is 5630. The van der Waals surface area contributed by atoms with Crippen LogP contribution < -0.4 is 47.4 Å². The fraction of sp³-hybridized carbons (Fsp3) is 0.406. The van der Waals surface area contributed by atoms with Crippen LogP contribution in [0.2, 0.25) is 0 Å². The maximum Gasteiger partial charge on any atom is 0.344 e. The maximum absolute atomic E-state index is 13.9. The van der Waals surface area contributed by atoms with E-state index in [0.29, 0.717) is 83.6 Å². The van der Waals surface area contributed by atoms with E-state index >= 15 is 0 Å². The van der Waals surface area contributed by atoms with Gasteiger partial charge in [-0.3, -0.25) is 0 Å². The van der Waals surface area contributed by atoms with Gasteiger partial charge in [0, 0.05) is 56.6 Å². The Hall–Kier alpha value is -13.8. The Labute approximate surface area is 783 Å². The van der Waals surface area contributed by atoms with Gasteiger partial charge in [0.15, 0.2) is 59.5 Å². The van der Waals surface area contributed by atoms with E-state index in [-0.39, 0.29) is 58.4 Å². The fourth-order valence-corrected chi connectivity index (χ4v) is 13.2. The SMILES string of the molecule is COc1ccc(-c2ccc(-c3ccc(-c4ccc(-c5ccc(-c6ccc(-c7ccc(-c8ccc(OCC(=O)OCc9ccccc9)cc8OCC(=O)OC(C)(C)C)c(OCC(=O)OC(C)(C)C)c7)cc6OCC(=O)OC(C)(C)C)c(OCC(=O)OC(C)(C)C)c5)cc4OCC(=O)OC(C)(C)C)c(OCC(=O)OC(C)(C)C)c3)cc2OCC(=O)OC(C)(C)C)c(OCC(=O)OC(C)(C)C)c1. The number of ether oxygens (including phenoxy) is 19. The highest BCUT2D eigenvalue weighted by molar-refractivity contribution is 5.90. The molecule has 0 saturated heterocycles. The van der Waals surface area contributed by atoms with Crippen molar-refractivity contribution in [1.82, 2.24) is 0 Å². The molecular formula is C106H124O28. The van der Waals surface area contributed by atoms with Gasteiger partial charge in [-0.15, -0.1) is 0 Å². The third kappa shape index (κ3) is 34.1. The first kappa shape index (κ1) is 104. The second-order valence-corrected chi connectivity index (χ2v) is 39.2. The van der Waals surface area contributed by atoms with Gasteiger partial charge in [0.1, 0.15) is 109 Å². The molecule has 0 aliphatic carbocycles. The van der Waals surface area contributed by atoms with Gasteiger partial charge in [0.25, 0.3) is 0 Å². The van der Waals surface area contributed by atoms with Gasteiger partial charge in [0.2, 0.25) is 0 Å². The summed E-state index contributed by atoms with van der Waals surface area (Å²) in [6.07, 6.45) is 0. The Kier molecular flexibility index (Phi) is 34.3. The Balaban J connectivity index is 1.19. The summed E-state index contributed by atoms with van der Waals surface area (Å²) < 4.78 is 114. The Morgan fingerprint density at radius 3 is 0.582 bits per heavy atom. The summed E-state index contributed by atoms with van der Waals surface area (Å²) in [6, 6.07) is 50.1. The topological polar surface area (TPSA) is 329 Å². The van der Waals surface area contributed by atoms with Crippen LogP contribution in [-0.2, 0) is 92.4 Å². The number of methoxy groups -OCH3 is 1. The highest BCUT2D eigenvalue weighted by Crippen LogP contribution is 2.48. The highest BCUT2D eigenvalue weighted by atomic mass is 16.6.